The number of piperidine rings is 1. The molecule has 0 bridgehead atoms. The number of ether oxygens (including phenoxy) is 2. The first kappa shape index (κ1) is 27.1. The van der Waals surface area contributed by atoms with Crippen LogP contribution in [0.3, 0.4) is 0 Å². The van der Waals surface area contributed by atoms with Crippen LogP contribution in [0.2, 0.25) is 0 Å². The molecule has 0 amide bonds. The minimum Gasteiger partial charge on any atom is -0.508 e. The van der Waals surface area contributed by atoms with Gasteiger partial charge in [0.25, 0.3) is 0 Å². The van der Waals surface area contributed by atoms with Gasteiger partial charge in [-0.3, -0.25) is 4.79 Å². The molecular formula is C25H35NO6. The SMILES string of the molecule is C=C(C)C(=O)OC1CC(C)(C)NC(C)(C)C1.C=C(C)C(=O)Oc1cc(O)cc(C(C)=O)c1. The lowest BCUT2D eigenvalue weighted by Crippen LogP contribution is -2.59. The fourth-order valence-electron chi connectivity index (χ4n) is 3.60. The van der Waals surface area contributed by atoms with Crippen molar-refractivity contribution >= 4 is 17.7 Å². The van der Waals surface area contributed by atoms with E-state index in [0.29, 0.717) is 5.57 Å². The number of hydrogen-bond acceptors (Lipinski definition) is 7. The van der Waals surface area contributed by atoms with Crippen LogP contribution in [-0.2, 0) is 14.3 Å². The fourth-order valence-corrected chi connectivity index (χ4v) is 3.60. The summed E-state index contributed by atoms with van der Waals surface area (Å²) < 4.78 is 10.3. The van der Waals surface area contributed by atoms with E-state index in [-0.39, 0.29) is 51.6 Å². The standard InChI is InChI=1S/C13H23NO2.C12H12O4/c1-9(2)11(15)16-10-7-12(3,4)14-13(5,6)8-10;1-7(2)12(15)16-11-5-9(8(3)13)4-10(14)6-11/h10,14H,1,7-8H2,2-6H3;4-6,14H,1H2,2-3H3. The highest BCUT2D eigenvalue weighted by Gasteiger charge is 2.39. The minimum absolute atomic E-state index is 0.00176. The van der Waals surface area contributed by atoms with Gasteiger partial charge in [-0.15, -0.1) is 0 Å². The van der Waals surface area contributed by atoms with Crippen molar-refractivity contribution in [2.45, 2.75) is 78.5 Å². The van der Waals surface area contributed by atoms with Gasteiger partial charge in [-0.25, -0.2) is 9.59 Å². The maximum Gasteiger partial charge on any atom is 0.338 e. The van der Waals surface area contributed by atoms with Crippen LogP contribution in [0.15, 0.2) is 42.5 Å². The number of hydrogen-bond donors (Lipinski definition) is 2. The van der Waals surface area contributed by atoms with Crippen LogP contribution in [0.4, 0.5) is 0 Å². The van der Waals surface area contributed by atoms with Crippen LogP contribution in [0.5, 0.6) is 11.5 Å². The smallest absolute Gasteiger partial charge is 0.338 e. The second-order valence-electron chi connectivity index (χ2n) is 9.55. The summed E-state index contributed by atoms with van der Waals surface area (Å²) in [6.45, 7) is 20.1. The number of aromatic hydroxyl groups is 1. The molecule has 2 N–H and O–H groups in total. The molecule has 0 unspecified atom stereocenters. The largest absolute Gasteiger partial charge is 0.508 e. The number of benzene rings is 1. The van der Waals surface area contributed by atoms with E-state index in [2.05, 4.69) is 46.2 Å². The fraction of sp³-hybridized carbons (Fsp3) is 0.480. The summed E-state index contributed by atoms with van der Waals surface area (Å²) in [6, 6.07) is 3.95. The van der Waals surface area contributed by atoms with Crippen LogP contribution >= 0.6 is 0 Å². The predicted molar refractivity (Wildman–Crippen MR) is 124 cm³/mol. The van der Waals surface area contributed by atoms with Crippen molar-refractivity contribution < 1.29 is 29.0 Å². The van der Waals surface area contributed by atoms with Gasteiger partial charge in [-0.1, -0.05) is 13.2 Å². The number of phenolic OH excluding ortho intramolecular Hbond substituents is 1. The molecule has 0 aliphatic carbocycles. The van der Waals surface area contributed by atoms with E-state index in [4.69, 9.17) is 9.47 Å². The molecule has 1 aromatic carbocycles. The third kappa shape index (κ3) is 9.06. The summed E-state index contributed by atoms with van der Waals surface area (Å²) in [5.41, 5.74) is 0.996. The molecule has 32 heavy (non-hydrogen) atoms. The van der Waals surface area contributed by atoms with Gasteiger partial charge in [0.1, 0.15) is 17.6 Å². The van der Waals surface area contributed by atoms with E-state index >= 15 is 0 Å². The molecule has 1 aliphatic heterocycles. The van der Waals surface area contributed by atoms with E-state index < -0.39 is 5.97 Å². The Bertz CT molecular complexity index is 897. The van der Waals surface area contributed by atoms with Gasteiger partial charge in [-0.05, 0) is 60.6 Å². The van der Waals surface area contributed by atoms with Gasteiger partial charge in [0.05, 0.1) is 0 Å². The molecule has 0 spiro atoms. The van der Waals surface area contributed by atoms with Crippen molar-refractivity contribution in [3.05, 3.63) is 48.1 Å². The number of phenols is 1. The van der Waals surface area contributed by atoms with E-state index in [1.807, 2.05) is 0 Å². The first-order valence-corrected chi connectivity index (χ1v) is 10.4. The highest BCUT2D eigenvalue weighted by Crippen LogP contribution is 2.30. The first-order valence-electron chi connectivity index (χ1n) is 10.4. The number of nitrogens with one attached hydrogen (secondary N) is 1. The maximum absolute atomic E-state index is 11.5. The van der Waals surface area contributed by atoms with Gasteiger partial charge in [0.15, 0.2) is 5.78 Å². The molecule has 0 saturated carbocycles. The zero-order chi connectivity index (χ0) is 24.9. The Morgan fingerprint density at radius 3 is 1.88 bits per heavy atom. The van der Waals surface area contributed by atoms with Crippen LogP contribution in [0, 0.1) is 0 Å². The highest BCUT2D eigenvalue weighted by molar-refractivity contribution is 5.95. The topological polar surface area (TPSA) is 102 Å². The van der Waals surface area contributed by atoms with Crippen molar-refractivity contribution in [1.29, 1.82) is 0 Å². The number of ketones is 1. The number of carbonyl (C=O) groups excluding carboxylic acids is 3. The molecule has 1 aromatic rings. The van der Waals surface area contributed by atoms with E-state index in [0.717, 1.165) is 12.8 Å². The highest BCUT2D eigenvalue weighted by atomic mass is 16.5. The number of carbonyl (C=O) groups is 3. The summed E-state index contributed by atoms with van der Waals surface area (Å²) in [7, 11) is 0. The molecule has 176 valence electrons. The lowest BCUT2D eigenvalue weighted by atomic mass is 9.81. The van der Waals surface area contributed by atoms with Crippen LogP contribution < -0.4 is 10.1 Å². The number of Topliss-reactive ketones (excluding diaryl/α,β-unsaturated/α-hetero) is 1. The van der Waals surface area contributed by atoms with Gasteiger partial charge >= 0.3 is 11.9 Å². The summed E-state index contributed by atoms with van der Waals surface area (Å²) in [4.78, 5) is 33.8. The van der Waals surface area contributed by atoms with Crippen molar-refractivity contribution in [3.8, 4) is 11.5 Å². The average Bonchev–Trinajstić information content (AvgIpc) is 2.58. The Balaban J connectivity index is 0.000000320. The van der Waals surface area contributed by atoms with E-state index in [1.54, 1.807) is 6.92 Å². The number of rotatable bonds is 5. The van der Waals surface area contributed by atoms with Crippen molar-refractivity contribution in [2.24, 2.45) is 0 Å². The van der Waals surface area contributed by atoms with E-state index in [1.165, 1.54) is 32.0 Å². The van der Waals surface area contributed by atoms with Gasteiger partial charge < -0.3 is 19.9 Å². The Hall–Kier alpha value is -2.93. The summed E-state index contributed by atoms with van der Waals surface area (Å²) in [5, 5.41) is 12.9. The molecule has 0 atom stereocenters. The van der Waals surface area contributed by atoms with Crippen molar-refractivity contribution in [1.82, 2.24) is 5.32 Å². The molecule has 1 aliphatic rings. The van der Waals surface area contributed by atoms with Gasteiger partial charge in [0, 0.05) is 46.7 Å². The lowest BCUT2D eigenvalue weighted by Gasteiger charge is -2.45. The second kappa shape index (κ2) is 10.6. The molecule has 1 saturated heterocycles. The second-order valence-corrected chi connectivity index (χ2v) is 9.55. The third-order valence-corrected chi connectivity index (χ3v) is 4.63. The maximum atomic E-state index is 11.5. The molecular weight excluding hydrogens is 410 g/mol. The monoisotopic (exact) mass is 445 g/mol. The van der Waals surface area contributed by atoms with Crippen LogP contribution in [0.1, 0.15) is 71.7 Å². The molecule has 2 rings (SSSR count). The average molecular weight is 446 g/mol. The molecule has 0 radical (unpaired) electrons. The lowest BCUT2D eigenvalue weighted by molar-refractivity contribution is -0.148. The Morgan fingerprint density at radius 1 is 0.938 bits per heavy atom. The van der Waals surface area contributed by atoms with Gasteiger partial charge in [-0.2, -0.15) is 0 Å². The first-order chi connectivity index (χ1) is 14.5. The molecule has 7 nitrogen and oxygen atoms in total. The molecule has 1 heterocycles. The summed E-state index contributed by atoms with van der Waals surface area (Å²) >= 11 is 0. The Morgan fingerprint density at radius 2 is 1.44 bits per heavy atom. The summed E-state index contributed by atoms with van der Waals surface area (Å²) in [6.07, 6.45) is 1.67. The third-order valence-electron chi connectivity index (χ3n) is 4.63. The summed E-state index contributed by atoms with van der Waals surface area (Å²) in [5.74, 6) is -1.10. The van der Waals surface area contributed by atoms with Gasteiger partial charge in [0.2, 0.25) is 0 Å². The number of esters is 2. The molecule has 0 aromatic heterocycles. The van der Waals surface area contributed by atoms with E-state index in [9.17, 15) is 19.5 Å². The Kier molecular flexibility index (Phi) is 8.97. The minimum atomic E-state index is -0.597. The normalized spacial score (nSPS) is 16.7. The predicted octanol–water partition coefficient (Wildman–Crippen LogP) is 4.49. The van der Waals surface area contributed by atoms with Crippen molar-refractivity contribution in [3.63, 3.8) is 0 Å². The molecule has 1 fully saturated rings. The quantitative estimate of drug-likeness (QED) is 0.298. The van der Waals surface area contributed by atoms with Crippen molar-refractivity contribution in [2.75, 3.05) is 0 Å². The van der Waals surface area contributed by atoms with Crippen LogP contribution in [-0.4, -0.2) is 40.0 Å². The van der Waals surface area contributed by atoms with Crippen LogP contribution in [0.25, 0.3) is 0 Å². The zero-order valence-corrected chi connectivity index (χ0v) is 20.1. The molecule has 7 heteroatoms. The Labute approximate surface area is 190 Å². The zero-order valence-electron chi connectivity index (χ0n) is 20.1.